The van der Waals surface area contributed by atoms with Crippen molar-refractivity contribution >= 4 is 33.1 Å². The van der Waals surface area contributed by atoms with Crippen LogP contribution in [-0.2, 0) is 17.6 Å². The van der Waals surface area contributed by atoms with Crippen molar-refractivity contribution in [3.63, 3.8) is 0 Å². The van der Waals surface area contributed by atoms with Gasteiger partial charge in [-0.2, -0.15) is 0 Å². The summed E-state index contributed by atoms with van der Waals surface area (Å²) < 4.78 is 1.45. The van der Waals surface area contributed by atoms with Crippen LogP contribution in [0.4, 0.5) is 5.69 Å². The van der Waals surface area contributed by atoms with Gasteiger partial charge in [0.05, 0.1) is 11.7 Å². The molecule has 1 aromatic carbocycles. The average molecular weight is 367 g/mol. The molecule has 134 valence electrons. The molecule has 0 saturated heterocycles. The number of aryl methyl sites for hydroxylation is 3. The van der Waals surface area contributed by atoms with Crippen LogP contribution in [0.5, 0.6) is 0 Å². The largest absolute Gasteiger partial charge is 0.324 e. The van der Waals surface area contributed by atoms with Crippen molar-refractivity contribution in [1.29, 1.82) is 0 Å². The Morgan fingerprint density at radius 3 is 2.73 bits per heavy atom. The lowest BCUT2D eigenvalue weighted by atomic mass is 9.97. The Morgan fingerprint density at radius 2 is 1.96 bits per heavy atom. The van der Waals surface area contributed by atoms with Crippen LogP contribution >= 0.6 is 11.3 Å². The first kappa shape index (κ1) is 17.0. The Morgan fingerprint density at radius 1 is 1.23 bits per heavy atom. The SMILES string of the molecule is Cc1ccc(NC(=O)[C@H](C)n2cnc3sc4c(c3c2=O)CCCC4)cc1. The third-order valence-electron chi connectivity index (χ3n) is 5.02. The molecule has 3 aromatic rings. The molecule has 4 rings (SSSR count). The number of aromatic nitrogens is 2. The number of anilines is 1. The first-order valence-electron chi connectivity index (χ1n) is 8.93. The lowest BCUT2D eigenvalue weighted by Crippen LogP contribution is -2.32. The summed E-state index contributed by atoms with van der Waals surface area (Å²) in [5.41, 5.74) is 2.89. The minimum absolute atomic E-state index is 0.110. The zero-order valence-corrected chi connectivity index (χ0v) is 15.7. The van der Waals surface area contributed by atoms with Crippen molar-refractivity contribution in [2.45, 2.75) is 45.6 Å². The van der Waals surface area contributed by atoms with Crippen LogP contribution in [0, 0.1) is 6.92 Å². The molecule has 2 aromatic heterocycles. The Bertz CT molecular complexity index is 1030. The van der Waals surface area contributed by atoms with Crippen LogP contribution in [0.3, 0.4) is 0 Å². The highest BCUT2D eigenvalue weighted by Crippen LogP contribution is 2.33. The fourth-order valence-corrected chi connectivity index (χ4v) is 4.66. The van der Waals surface area contributed by atoms with Gasteiger partial charge in [0.25, 0.3) is 5.56 Å². The molecule has 5 nitrogen and oxygen atoms in total. The van der Waals surface area contributed by atoms with Crippen LogP contribution in [-0.4, -0.2) is 15.5 Å². The van der Waals surface area contributed by atoms with Crippen LogP contribution in [0.1, 0.15) is 41.8 Å². The second-order valence-corrected chi connectivity index (χ2v) is 7.96. The fraction of sp³-hybridized carbons (Fsp3) is 0.350. The van der Waals surface area contributed by atoms with Gasteiger partial charge in [0, 0.05) is 10.6 Å². The van der Waals surface area contributed by atoms with E-state index >= 15 is 0 Å². The molecule has 0 fully saturated rings. The molecule has 0 spiro atoms. The molecule has 0 radical (unpaired) electrons. The zero-order valence-electron chi connectivity index (χ0n) is 14.9. The Balaban J connectivity index is 1.67. The maximum atomic E-state index is 13.1. The fourth-order valence-electron chi connectivity index (χ4n) is 3.44. The van der Waals surface area contributed by atoms with Gasteiger partial charge in [-0.05, 0) is 57.2 Å². The van der Waals surface area contributed by atoms with Gasteiger partial charge in [-0.15, -0.1) is 11.3 Å². The average Bonchev–Trinajstić information content (AvgIpc) is 3.02. The third-order valence-corrected chi connectivity index (χ3v) is 6.22. The van der Waals surface area contributed by atoms with E-state index in [1.54, 1.807) is 18.3 Å². The summed E-state index contributed by atoms with van der Waals surface area (Å²) in [4.78, 5) is 32.2. The molecule has 26 heavy (non-hydrogen) atoms. The van der Waals surface area contributed by atoms with Gasteiger partial charge in [-0.25, -0.2) is 4.98 Å². The number of rotatable bonds is 3. The third kappa shape index (κ3) is 2.94. The van der Waals surface area contributed by atoms with Crippen molar-refractivity contribution < 1.29 is 4.79 Å². The van der Waals surface area contributed by atoms with Crippen molar-refractivity contribution in [2.24, 2.45) is 0 Å². The van der Waals surface area contributed by atoms with E-state index in [1.165, 1.54) is 22.2 Å². The lowest BCUT2D eigenvalue weighted by Gasteiger charge is -2.15. The van der Waals surface area contributed by atoms with Gasteiger partial charge in [0.15, 0.2) is 0 Å². The summed E-state index contributed by atoms with van der Waals surface area (Å²) >= 11 is 1.62. The quantitative estimate of drug-likeness (QED) is 0.765. The second kappa shape index (κ2) is 6.68. The number of carbonyl (C=O) groups is 1. The molecule has 1 N–H and O–H groups in total. The van der Waals surface area contributed by atoms with E-state index < -0.39 is 6.04 Å². The van der Waals surface area contributed by atoms with E-state index in [-0.39, 0.29) is 11.5 Å². The van der Waals surface area contributed by atoms with E-state index in [2.05, 4.69) is 10.3 Å². The lowest BCUT2D eigenvalue weighted by molar-refractivity contribution is -0.118. The first-order chi connectivity index (χ1) is 12.5. The van der Waals surface area contributed by atoms with Gasteiger partial charge >= 0.3 is 0 Å². The minimum atomic E-state index is -0.625. The Labute approximate surface area is 155 Å². The van der Waals surface area contributed by atoms with E-state index in [4.69, 9.17) is 0 Å². The standard InChI is InChI=1S/C20H21N3O2S/c1-12-7-9-14(10-8-12)22-18(24)13(2)23-11-21-19-17(20(23)25)15-5-3-4-6-16(15)26-19/h7-11,13H,3-6H2,1-2H3,(H,22,24)/t13-/m0/s1. The number of thiophene rings is 1. The first-order valence-corrected chi connectivity index (χ1v) is 9.75. The number of nitrogens with zero attached hydrogens (tertiary/aromatic N) is 2. The number of benzene rings is 1. The molecule has 0 aliphatic heterocycles. The van der Waals surface area contributed by atoms with Gasteiger partial charge in [-0.3, -0.25) is 14.2 Å². The van der Waals surface area contributed by atoms with Crippen LogP contribution < -0.4 is 10.9 Å². The molecular weight excluding hydrogens is 346 g/mol. The van der Waals surface area contributed by atoms with E-state index in [1.807, 2.05) is 31.2 Å². The molecule has 1 atom stereocenters. The molecule has 1 aliphatic carbocycles. The van der Waals surface area contributed by atoms with E-state index in [0.717, 1.165) is 40.9 Å². The molecule has 6 heteroatoms. The summed E-state index contributed by atoms with van der Waals surface area (Å²) in [6.07, 6.45) is 5.74. The smallest absolute Gasteiger partial charge is 0.263 e. The van der Waals surface area contributed by atoms with E-state index in [0.29, 0.717) is 5.39 Å². The number of nitrogens with one attached hydrogen (secondary N) is 1. The number of hydrogen-bond donors (Lipinski definition) is 1. The maximum absolute atomic E-state index is 13.1. The number of amides is 1. The van der Waals surface area contributed by atoms with Gasteiger partial charge in [-0.1, -0.05) is 17.7 Å². The molecule has 1 aliphatic rings. The van der Waals surface area contributed by atoms with Crippen molar-refractivity contribution in [2.75, 3.05) is 5.32 Å². The minimum Gasteiger partial charge on any atom is -0.324 e. The number of hydrogen-bond acceptors (Lipinski definition) is 4. The monoisotopic (exact) mass is 367 g/mol. The van der Waals surface area contributed by atoms with Crippen LogP contribution in [0.2, 0.25) is 0 Å². The van der Waals surface area contributed by atoms with Crippen molar-refractivity contribution in [3.8, 4) is 0 Å². The molecule has 2 heterocycles. The highest BCUT2D eigenvalue weighted by Gasteiger charge is 2.23. The highest BCUT2D eigenvalue weighted by molar-refractivity contribution is 7.18. The summed E-state index contributed by atoms with van der Waals surface area (Å²) in [6, 6.07) is 6.98. The highest BCUT2D eigenvalue weighted by atomic mass is 32.1. The maximum Gasteiger partial charge on any atom is 0.263 e. The van der Waals surface area contributed by atoms with Crippen LogP contribution in [0.15, 0.2) is 35.4 Å². The summed E-state index contributed by atoms with van der Waals surface area (Å²) in [7, 11) is 0. The second-order valence-electron chi connectivity index (χ2n) is 6.88. The zero-order chi connectivity index (χ0) is 18.3. The molecule has 0 saturated carbocycles. The number of carbonyl (C=O) groups excluding carboxylic acids is 1. The molecule has 1 amide bonds. The van der Waals surface area contributed by atoms with Gasteiger partial charge < -0.3 is 5.32 Å². The summed E-state index contributed by atoms with van der Waals surface area (Å²) in [6.45, 7) is 3.73. The predicted molar refractivity (Wildman–Crippen MR) is 105 cm³/mol. The number of fused-ring (bicyclic) bond motifs is 3. The molecule has 0 bridgehead atoms. The summed E-state index contributed by atoms with van der Waals surface area (Å²) in [5.74, 6) is -0.221. The Kier molecular flexibility index (Phi) is 4.36. The predicted octanol–water partition coefficient (Wildman–Crippen LogP) is 3.84. The topological polar surface area (TPSA) is 64.0 Å². The molecular formula is C20H21N3O2S. The van der Waals surface area contributed by atoms with Crippen molar-refractivity contribution in [1.82, 2.24) is 9.55 Å². The van der Waals surface area contributed by atoms with Gasteiger partial charge in [0.1, 0.15) is 10.9 Å². The van der Waals surface area contributed by atoms with Crippen molar-refractivity contribution in [3.05, 3.63) is 57.0 Å². The van der Waals surface area contributed by atoms with Gasteiger partial charge in [0.2, 0.25) is 5.91 Å². The Hall–Kier alpha value is -2.47. The molecule has 0 unspecified atom stereocenters. The normalized spacial score (nSPS) is 14.8. The summed E-state index contributed by atoms with van der Waals surface area (Å²) in [5, 5.41) is 3.59. The van der Waals surface area contributed by atoms with E-state index in [9.17, 15) is 9.59 Å². The van der Waals surface area contributed by atoms with Crippen LogP contribution in [0.25, 0.3) is 10.2 Å².